The molecule has 0 aromatic rings. The summed E-state index contributed by atoms with van der Waals surface area (Å²) in [6.45, 7) is 9.02. The molecule has 0 spiro atoms. The normalized spacial score (nSPS) is 26.3. The van der Waals surface area contributed by atoms with Crippen LogP contribution in [0.4, 0.5) is 13.2 Å². The second kappa shape index (κ2) is 7.82. The van der Waals surface area contributed by atoms with Crippen molar-refractivity contribution in [3.05, 3.63) is 0 Å². The lowest BCUT2D eigenvalue weighted by atomic mass is 9.70. The molecule has 0 saturated heterocycles. The van der Waals surface area contributed by atoms with Crippen molar-refractivity contribution >= 4 is 0 Å². The average molecular weight is 308 g/mol. The number of hydrogen-bond acceptors (Lipinski definition) is 2. The van der Waals surface area contributed by atoms with Gasteiger partial charge in [0.1, 0.15) is 0 Å². The fraction of sp³-hybridized carbons (Fsp3) is 1.00. The van der Waals surface area contributed by atoms with Crippen LogP contribution >= 0.6 is 0 Å². The van der Waals surface area contributed by atoms with Crippen molar-refractivity contribution in [2.24, 2.45) is 5.41 Å². The minimum Gasteiger partial charge on any atom is -0.312 e. The van der Waals surface area contributed by atoms with Crippen LogP contribution in [0, 0.1) is 5.41 Å². The lowest BCUT2D eigenvalue weighted by Crippen LogP contribution is -2.60. The van der Waals surface area contributed by atoms with Gasteiger partial charge in [-0.1, -0.05) is 34.1 Å². The fourth-order valence-corrected chi connectivity index (χ4v) is 3.59. The molecular weight excluding hydrogens is 277 g/mol. The molecule has 0 aliphatic heterocycles. The number of nitrogens with zero attached hydrogens (tertiary/aromatic N) is 1. The molecule has 126 valence electrons. The molecular formula is C16H31F3N2. The molecule has 1 rings (SSSR count). The number of hydrogen-bond donors (Lipinski definition) is 1. The number of nitrogens with one attached hydrogen (secondary N) is 1. The highest BCUT2D eigenvalue weighted by atomic mass is 19.4. The lowest BCUT2D eigenvalue weighted by molar-refractivity contribution is -0.156. The van der Waals surface area contributed by atoms with E-state index >= 15 is 0 Å². The molecule has 0 aromatic carbocycles. The van der Waals surface area contributed by atoms with E-state index in [1.807, 2.05) is 6.92 Å². The van der Waals surface area contributed by atoms with Gasteiger partial charge in [0, 0.05) is 12.1 Å². The fourth-order valence-electron chi connectivity index (χ4n) is 3.59. The van der Waals surface area contributed by atoms with Crippen LogP contribution in [-0.2, 0) is 0 Å². The minimum atomic E-state index is -4.12. The largest absolute Gasteiger partial charge is 0.401 e. The molecule has 1 aliphatic rings. The van der Waals surface area contributed by atoms with Crippen molar-refractivity contribution in [3.8, 4) is 0 Å². The SMILES string of the molecule is CCCNC1C(N(CCC)CC(F)(F)F)CCCC1(C)C. The Morgan fingerprint density at radius 3 is 2.38 bits per heavy atom. The molecule has 2 unspecified atom stereocenters. The smallest absolute Gasteiger partial charge is 0.312 e. The van der Waals surface area contributed by atoms with Crippen molar-refractivity contribution in [2.75, 3.05) is 19.6 Å². The van der Waals surface area contributed by atoms with Gasteiger partial charge in [-0.2, -0.15) is 13.2 Å². The van der Waals surface area contributed by atoms with E-state index in [1.165, 1.54) is 0 Å². The Bertz CT molecular complexity index is 302. The summed E-state index contributed by atoms with van der Waals surface area (Å²) in [4.78, 5) is 1.66. The van der Waals surface area contributed by atoms with Gasteiger partial charge in [0.15, 0.2) is 0 Å². The van der Waals surface area contributed by atoms with Gasteiger partial charge in [-0.05, 0) is 44.2 Å². The zero-order valence-corrected chi connectivity index (χ0v) is 13.9. The van der Waals surface area contributed by atoms with E-state index in [1.54, 1.807) is 4.90 Å². The summed E-state index contributed by atoms with van der Waals surface area (Å²) in [5, 5.41) is 3.53. The average Bonchev–Trinajstić information content (AvgIpc) is 2.34. The predicted molar refractivity (Wildman–Crippen MR) is 81.4 cm³/mol. The Kier molecular flexibility index (Phi) is 6.98. The van der Waals surface area contributed by atoms with Crippen LogP contribution < -0.4 is 5.32 Å². The first-order chi connectivity index (χ1) is 9.71. The molecule has 0 amide bonds. The van der Waals surface area contributed by atoms with Gasteiger partial charge in [0.05, 0.1) is 6.54 Å². The van der Waals surface area contributed by atoms with Gasteiger partial charge < -0.3 is 5.32 Å². The molecule has 0 radical (unpaired) electrons. The summed E-state index contributed by atoms with van der Waals surface area (Å²) in [6, 6.07) is 0.127. The van der Waals surface area contributed by atoms with E-state index in [2.05, 4.69) is 26.1 Å². The molecule has 2 nitrogen and oxygen atoms in total. The van der Waals surface area contributed by atoms with Crippen molar-refractivity contribution < 1.29 is 13.2 Å². The van der Waals surface area contributed by atoms with Crippen molar-refractivity contribution in [2.45, 2.75) is 78.1 Å². The Morgan fingerprint density at radius 2 is 1.86 bits per heavy atom. The summed E-state index contributed by atoms with van der Waals surface area (Å²) in [5.74, 6) is 0. The summed E-state index contributed by atoms with van der Waals surface area (Å²) >= 11 is 0. The summed E-state index contributed by atoms with van der Waals surface area (Å²) < 4.78 is 38.7. The topological polar surface area (TPSA) is 15.3 Å². The minimum absolute atomic E-state index is 0.0122. The maximum Gasteiger partial charge on any atom is 0.401 e. The molecule has 1 aliphatic carbocycles. The number of rotatable bonds is 7. The molecule has 0 heterocycles. The van der Waals surface area contributed by atoms with Crippen LogP contribution in [-0.4, -0.2) is 42.8 Å². The quantitative estimate of drug-likeness (QED) is 0.758. The molecule has 1 N–H and O–H groups in total. The molecule has 21 heavy (non-hydrogen) atoms. The van der Waals surface area contributed by atoms with Gasteiger partial charge in [-0.3, -0.25) is 4.90 Å². The van der Waals surface area contributed by atoms with Crippen molar-refractivity contribution in [1.29, 1.82) is 0 Å². The molecule has 1 saturated carbocycles. The van der Waals surface area contributed by atoms with E-state index in [-0.39, 0.29) is 17.5 Å². The standard InChI is InChI=1S/C16H31F3N2/c1-5-10-20-14-13(8-7-9-15(14,3)4)21(11-6-2)12-16(17,18)19/h13-14,20H,5-12H2,1-4H3. The molecule has 0 bridgehead atoms. The van der Waals surface area contributed by atoms with Crippen LogP contribution in [0.15, 0.2) is 0 Å². The first-order valence-electron chi connectivity index (χ1n) is 8.25. The maximum absolute atomic E-state index is 12.9. The summed E-state index contributed by atoms with van der Waals surface area (Å²) in [5.41, 5.74) is 0.0513. The second-order valence-electron chi connectivity index (χ2n) is 6.97. The van der Waals surface area contributed by atoms with E-state index in [4.69, 9.17) is 0 Å². The zero-order chi connectivity index (χ0) is 16.1. The van der Waals surface area contributed by atoms with Crippen molar-refractivity contribution in [1.82, 2.24) is 10.2 Å². The number of alkyl halides is 3. The van der Waals surface area contributed by atoms with Gasteiger partial charge in [0.25, 0.3) is 0 Å². The Labute approximate surface area is 127 Å². The van der Waals surface area contributed by atoms with Crippen LogP contribution in [0.5, 0.6) is 0 Å². The third-order valence-electron chi connectivity index (χ3n) is 4.52. The van der Waals surface area contributed by atoms with E-state index in [0.29, 0.717) is 6.54 Å². The zero-order valence-electron chi connectivity index (χ0n) is 13.9. The van der Waals surface area contributed by atoms with Crippen LogP contribution in [0.1, 0.15) is 59.8 Å². The van der Waals surface area contributed by atoms with Gasteiger partial charge >= 0.3 is 6.18 Å². The highest BCUT2D eigenvalue weighted by Crippen LogP contribution is 2.38. The Morgan fingerprint density at radius 1 is 1.19 bits per heavy atom. The highest BCUT2D eigenvalue weighted by Gasteiger charge is 2.43. The Hall–Kier alpha value is -0.290. The van der Waals surface area contributed by atoms with Crippen molar-refractivity contribution in [3.63, 3.8) is 0 Å². The summed E-state index contributed by atoms with van der Waals surface area (Å²) in [6.07, 6.45) is 0.601. The van der Waals surface area contributed by atoms with Crippen LogP contribution in [0.2, 0.25) is 0 Å². The predicted octanol–water partition coefficient (Wildman–Crippen LogP) is 4.21. The maximum atomic E-state index is 12.9. The third kappa shape index (κ3) is 5.78. The molecule has 5 heteroatoms. The lowest BCUT2D eigenvalue weighted by Gasteiger charge is -2.49. The third-order valence-corrected chi connectivity index (χ3v) is 4.52. The van der Waals surface area contributed by atoms with Crippen LogP contribution in [0.25, 0.3) is 0 Å². The van der Waals surface area contributed by atoms with Gasteiger partial charge in [-0.15, -0.1) is 0 Å². The summed E-state index contributed by atoms with van der Waals surface area (Å²) in [7, 11) is 0. The van der Waals surface area contributed by atoms with E-state index in [0.717, 1.165) is 38.6 Å². The van der Waals surface area contributed by atoms with E-state index in [9.17, 15) is 13.2 Å². The van der Waals surface area contributed by atoms with Gasteiger partial charge in [0.2, 0.25) is 0 Å². The Balaban J connectivity index is 2.89. The first-order valence-corrected chi connectivity index (χ1v) is 8.25. The van der Waals surface area contributed by atoms with Crippen LogP contribution in [0.3, 0.4) is 0 Å². The highest BCUT2D eigenvalue weighted by molar-refractivity contribution is 4.98. The molecule has 0 aromatic heterocycles. The van der Waals surface area contributed by atoms with E-state index < -0.39 is 12.7 Å². The molecule has 2 atom stereocenters. The second-order valence-corrected chi connectivity index (χ2v) is 6.97. The first kappa shape index (κ1) is 18.8. The monoisotopic (exact) mass is 308 g/mol. The van der Waals surface area contributed by atoms with Gasteiger partial charge in [-0.25, -0.2) is 0 Å². The molecule has 1 fully saturated rings. The number of halogens is 3.